The molecule has 1 aromatic carbocycles. The summed E-state index contributed by atoms with van der Waals surface area (Å²) in [7, 11) is -3.10. The predicted octanol–water partition coefficient (Wildman–Crippen LogP) is 0.587. The molecule has 2 N–H and O–H groups in total. The molecule has 0 aliphatic heterocycles. The number of hydrogen-bond donors (Lipinski definition) is 2. The summed E-state index contributed by atoms with van der Waals surface area (Å²) in [5.74, 6) is 0.0998. The molecule has 0 spiro atoms. The lowest BCUT2D eigenvalue weighted by Crippen LogP contribution is -2.32. The van der Waals surface area contributed by atoms with Gasteiger partial charge >= 0.3 is 0 Å². The molecule has 0 unspecified atom stereocenters. The van der Waals surface area contributed by atoms with Crippen LogP contribution in [0, 0.1) is 11.3 Å². The summed E-state index contributed by atoms with van der Waals surface area (Å²) in [5, 5.41) is 11.8. The summed E-state index contributed by atoms with van der Waals surface area (Å²) in [6.45, 7) is 3.21. The summed E-state index contributed by atoms with van der Waals surface area (Å²) in [6.07, 6.45) is 0. The maximum Gasteiger partial charge on any atom is 0.211 e. The first kappa shape index (κ1) is 14.6. The van der Waals surface area contributed by atoms with Crippen molar-refractivity contribution in [2.24, 2.45) is 0 Å². The Bertz CT molecular complexity index is 503. The summed E-state index contributed by atoms with van der Waals surface area (Å²) < 4.78 is 24.7. The van der Waals surface area contributed by atoms with Gasteiger partial charge in [0, 0.05) is 19.6 Å². The zero-order chi connectivity index (χ0) is 13.4. The molecular weight excluding hydrogens is 250 g/mol. The van der Waals surface area contributed by atoms with Crippen molar-refractivity contribution in [3.05, 3.63) is 35.4 Å². The van der Waals surface area contributed by atoms with E-state index in [0.29, 0.717) is 25.2 Å². The van der Waals surface area contributed by atoms with Crippen molar-refractivity contribution in [2.75, 3.05) is 18.8 Å². The van der Waals surface area contributed by atoms with Crippen LogP contribution in [0.2, 0.25) is 0 Å². The molecule has 0 saturated heterocycles. The van der Waals surface area contributed by atoms with E-state index in [2.05, 4.69) is 16.1 Å². The van der Waals surface area contributed by atoms with Crippen molar-refractivity contribution in [1.29, 1.82) is 5.26 Å². The molecule has 0 atom stereocenters. The molecule has 1 aromatic rings. The number of nitrogens with one attached hydrogen (secondary N) is 2. The molecule has 1 rings (SSSR count). The van der Waals surface area contributed by atoms with E-state index in [0.717, 1.165) is 5.56 Å². The Morgan fingerprint density at radius 1 is 1.22 bits per heavy atom. The highest BCUT2D eigenvalue weighted by Crippen LogP contribution is 2.02. The van der Waals surface area contributed by atoms with Crippen molar-refractivity contribution in [1.82, 2.24) is 10.0 Å². The van der Waals surface area contributed by atoms with Gasteiger partial charge in [0.05, 0.1) is 17.4 Å². The third-order valence-corrected chi connectivity index (χ3v) is 3.82. The zero-order valence-electron chi connectivity index (χ0n) is 10.3. The fourth-order valence-corrected chi connectivity index (χ4v) is 1.94. The second-order valence-corrected chi connectivity index (χ2v) is 5.88. The van der Waals surface area contributed by atoms with E-state index in [1.807, 2.05) is 12.1 Å². The van der Waals surface area contributed by atoms with E-state index in [1.54, 1.807) is 19.1 Å². The Morgan fingerprint density at radius 2 is 1.89 bits per heavy atom. The van der Waals surface area contributed by atoms with Crippen LogP contribution in [-0.2, 0) is 16.6 Å². The van der Waals surface area contributed by atoms with Gasteiger partial charge in [-0.25, -0.2) is 13.1 Å². The highest BCUT2D eigenvalue weighted by molar-refractivity contribution is 7.89. The second kappa shape index (κ2) is 7.11. The largest absolute Gasteiger partial charge is 0.311 e. The van der Waals surface area contributed by atoms with E-state index >= 15 is 0 Å². The minimum Gasteiger partial charge on any atom is -0.311 e. The Morgan fingerprint density at radius 3 is 2.44 bits per heavy atom. The SMILES string of the molecule is CCS(=O)(=O)NCCNCc1ccc(C#N)cc1. The third-order valence-electron chi connectivity index (χ3n) is 2.42. The topological polar surface area (TPSA) is 82.0 Å². The molecule has 98 valence electrons. The van der Waals surface area contributed by atoms with E-state index in [1.165, 1.54) is 0 Å². The lowest BCUT2D eigenvalue weighted by Gasteiger charge is -2.06. The van der Waals surface area contributed by atoms with Crippen LogP contribution in [0.4, 0.5) is 0 Å². The van der Waals surface area contributed by atoms with Crippen molar-refractivity contribution in [3.63, 3.8) is 0 Å². The van der Waals surface area contributed by atoms with E-state index in [4.69, 9.17) is 5.26 Å². The van der Waals surface area contributed by atoms with Crippen LogP contribution in [0.1, 0.15) is 18.1 Å². The Kier molecular flexibility index (Phi) is 5.78. The summed E-state index contributed by atoms with van der Waals surface area (Å²) in [5.41, 5.74) is 1.70. The molecule has 0 aromatic heterocycles. The molecule has 0 amide bonds. The van der Waals surface area contributed by atoms with Gasteiger partial charge < -0.3 is 5.32 Å². The van der Waals surface area contributed by atoms with Gasteiger partial charge in [0.1, 0.15) is 0 Å². The second-order valence-electron chi connectivity index (χ2n) is 3.78. The van der Waals surface area contributed by atoms with Crippen molar-refractivity contribution in [2.45, 2.75) is 13.5 Å². The van der Waals surface area contributed by atoms with Crippen molar-refractivity contribution < 1.29 is 8.42 Å². The zero-order valence-corrected chi connectivity index (χ0v) is 11.1. The van der Waals surface area contributed by atoms with Gasteiger partial charge in [-0.3, -0.25) is 0 Å². The van der Waals surface area contributed by atoms with Gasteiger partial charge in [-0.1, -0.05) is 12.1 Å². The smallest absolute Gasteiger partial charge is 0.211 e. The standard InChI is InChI=1S/C12H17N3O2S/c1-2-18(16,17)15-8-7-14-10-12-5-3-11(9-13)4-6-12/h3-6,14-15H,2,7-8,10H2,1H3. The van der Waals surface area contributed by atoms with Gasteiger partial charge in [-0.05, 0) is 24.6 Å². The van der Waals surface area contributed by atoms with Gasteiger partial charge in [0.15, 0.2) is 0 Å². The van der Waals surface area contributed by atoms with Crippen LogP contribution in [0.5, 0.6) is 0 Å². The van der Waals surface area contributed by atoms with E-state index < -0.39 is 10.0 Å². The molecule has 6 heteroatoms. The van der Waals surface area contributed by atoms with Crippen molar-refractivity contribution >= 4 is 10.0 Å². The van der Waals surface area contributed by atoms with E-state index in [9.17, 15) is 8.42 Å². The lowest BCUT2D eigenvalue weighted by molar-refractivity contribution is 0.577. The molecule has 0 saturated carbocycles. The molecule has 5 nitrogen and oxygen atoms in total. The van der Waals surface area contributed by atoms with Crippen LogP contribution in [0.15, 0.2) is 24.3 Å². The maximum atomic E-state index is 11.1. The van der Waals surface area contributed by atoms with Crippen LogP contribution >= 0.6 is 0 Å². The molecule has 18 heavy (non-hydrogen) atoms. The first-order valence-corrected chi connectivity index (χ1v) is 7.39. The molecule has 0 heterocycles. The van der Waals surface area contributed by atoms with Gasteiger partial charge in [-0.15, -0.1) is 0 Å². The monoisotopic (exact) mass is 267 g/mol. The fraction of sp³-hybridized carbons (Fsp3) is 0.417. The van der Waals surface area contributed by atoms with Gasteiger partial charge in [0.25, 0.3) is 0 Å². The first-order chi connectivity index (χ1) is 8.57. The molecular formula is C12H17N3O2S. The summed E-state index contributed by atoms with van der Waals surface area (Å²) >= 11 is 0. The highest BCUT2D eigenvalue weighted by atomic mass is 32.2. The lowest BCUT2D eigenvalue weighted by atomic mass is 10.1. The van der Waals surface area contributed by atoms with Crippen LogP contribution < -0.4 is 10.0 Å². The number of rotatable bonds is 7. The number of sulfonamides is 1. The Balaban J connectivity index is 2.24. The van der Waals surface area contributed by atoms with E-state index in [-0.39, 0.29) is 5.75 Å². The maximum absolute atomic E-state index is 11.1. The summed E-state index contributed by atoms with van der Waals surface area (Å²) in [4.78, 5) is 0. The molecule has 0 radical (unpaired) electrons. The number of nitrogens with zero attached hydrogens (tertiary/aromatic N) is 1. The van der Waals surface area contributed by atoms with Crippen LogP contribution in [0.25, 0.3) is 0 Å². The normalized spacial score (nSPS) is 11.1. The molecule has 0 bridgehead atoms. The molecule has 0 fully saturated rings. The average Bonchev–Trinajstić information content (AvgIpc) is 2.39. The van der Waals surface area contributed by atoms with Crippen molar-refractivity contribution in [3.8, 4) is 6.07 Å². The van der Waals surface area contributed by atoms with Crippen LogP contribution in [-0.4, -0.2) is 27.3 Å². The first-order valence-electron chi connectivity index (χ1n) is 5.74. The quantitative estimate of drug-likeness (QED) is 0.708. The average molecular weight is 267 g/mol. The van der Waals surface area contributed by atoms with Crippen LogP contribution in [0.3, 0.4) is 0 Å². The minimum atomic E-state index is -3.10. The fourth-order valence-electron chi connectivity index (χ4n) is 1.33. The predicted molar refractivity (Wildman–Crippen MR) is 70.3 cm³/mol. The minimum absolute atomic E-state index is 0.0998. The van der Waals surface area contributed by atoms with Gasteiger partial charge in [0.2, 0.25) is 10.0 Å². The molecule has 0 aliphatic rings. The Labute approximate surface area is 108 Å². The number of hydrogen-bond acceptors (Lipinski definition) is 4. The van der Waals surface area contributed by atoms with Gasteiger partial charge in [-0.2, -0.15) is 5.26 Å². The highest BCUT2D eigenvalue weighted by Gasteiger charge is 2.03. The molecule has 0 aliphatic carbocycles. The Hall–Kier alpha value is -1.42. The number of nitriles is 1. The summed E-state index contributed by atoms with van der Waals surface area (Å²) in [6, 6.07) is 9.33. The number of benzene rings is 1. The third kappa shape index (κ3) is 5.27.